The molecule has 128 valence electrons. The van der Waals surface area contributed by atoms with Crippen LogP contribution in [0.2, 0.25) is 0 Å². The standard InChI is InChI=1S/C17H22N4O3/c1-11-6-5-7-12-15(11)19-10-21(16(12)24)9-14(23)18-8-13(22)20-17(2,3)4/h5-7,10H,8-9H2,1-4H3,(H,18,23)(H,20,22). The van der Waals surface area contributed by atoms with Crippen LogP contribution >= 0.6 is 0 Å². The van der Waals surface area contributed by atoms with Gasteiger partial charge in [0, 0.05) is 5.54 Å². The van der Waals surface area contributed by atoms with Gasteiger partial charge < -0.3 is 10.6 Å². The molecule has 7 heteroatoms. The normalized spacial score (nSPS) is 11.3. The molecule has 2 amide bonds. The maximum atomic E-state index is 12.4. The van der Waals surface area contributed by atoms with Gasteiger partial charge in [-0.2, -0.15) is 0 Å². The highest BCUT2D eigenvalue weighted by Crippen LogP contribution is 2.10. The third kappa shape index (κ3) is 4.41. The number of para-hydroxylation sites is 1. The van der Waals surface area contributed by atoms with Gasteiger partial charge in [-0.3, -0.25) is 19.0 Å². The Hall–Kier alpha value is -2.70. The minimum absolute atomic E-state index is 0.134. The van der Waals surface area contributed by atoms with Crippen LogP contribution in [0.4, 0.5) is 0 Å². The van der Waals surface area contributed by atoms with Crippen molar-refractivity contribution in [1.29, 1.82) is 0 Å². The fourth-order valence-corrected chi connectivity index (χ4v) is 2.30. The number of carbonyl (C=O) groups excluding carboxylic acids is 2. The minimum atomic E-state index is -0.421. The van der Waals surface area contributed by atoms with Crippen LogP contribution in [0, 0.1) is 6.92 Å². The molecule has 1 aromatic carbocycles. The lowest BCUT2D eigenvalue weighted by molar-refractivity contribution is -0.127. The molecule has 1 heterocycles. The molecule has 0 aliphatic rings. The Morgan fingerprint density at radius 2 is 1.92 bits per heavy atom. The fourth-order valence-electron chi connectivity index (χ4n) is 2.30. The van der Waals surface area contributed by atoms with Gasteiger partial charge in [-0.15, -0.1) is 0 Å². The molecule has 24 heavy (non-hydrogen) atoms. The van der Waals surface area contributed by atoms with Gasteiger partial charge in [0.2, 0.25) is 11.8 Å². The molecular weight excluding hydrogens is 308 g/mol. The smallest absolute Gasteiger partial charge is 0.261 e. The second-order valence-electron chi connectivity index (χ2n) is 6.72. The van der Waals surface area contributed by atoms with Crippen LogP contribution in [0.25, 0.3) is 10.9 Å². The predicted octanol–water partition coefficient (Wildman–Crippen LogP) is 0.736. The van der Waals surface area contributed by atoms with Crippen LogP contribution in [0.1, 0.15) is 26.3 Å². The summed E-state index contributed by atoms with van der Waals surface area (Å²) in [5.74, 6) is -0.703. The van der Waals surface area contributed by atoms with Crippen molar-refractivity contribution in [3.05, 3.63) is 40.4 Å². The number of benzene rings is 1. The molecule has 2 rings (SSSR count). The van der Waals surface area contributed by atoms with E-state index in [0.717, 1.165) is 5.56 Å². The molecule has 0 aliphatic heterocycles. The van der Waals surface area contributed by atoms with Crippen LogP contribution in [0.5, 0.6) is 0 Å². The third-order valence-corrected chi connectivity index (χ3v) is 3.33. The first-order valence-corrected chi connectivity index (χ1v) is 7.70. The summed E-state index contributed by atoms with van der Waals surface area (Å²) in [6.07, 6.45) is 1.35. The zero-order valence-corrected chi connectivity index (χ0v) is 14.3. The minimum Gasteiger partial charge on any atom is -0.350 e. The van der Waals surface area contributed by atoms with Gasteiger partial charge in [-0.25, -0.2) is 4.98 Å². The number of hydrogen-bond acceptors (Lipinski definition) is 4. The lowest BCUT2D eigenvalue weighted by Gasteiger charge is -2.20. The zero-order chi connectivity index (χ0) is 17.9. The van der Waals surface area contributed by atoms with Gasteiger partial charge in [0.25, 0.3) is 5.56 Å². The Bertz CT molecular complexity index is 834. The summed E-state index contributed by atoms with van der Waals surface area (Å²) in [5, 5.41) is 5.72. The number of rotatable bonds is 4. The molecule has 0 saturated heterocycles. The monoisotopic (exact) mass is 330 g/mol. The van der Waals surface area contributed by atoms with Crippen molar-refractivity contribution in [2.75, 3.05) is 6.54 Å². The fraction of sp³-hybridized carbons (Fsp3) is 0.412. The van der Waals surface area contributed by atoms with Crippen molar-refractivity contribution in [3.63, 3.8) is 0 Å². The molecule has 1 aromatic heterocycles. The molecule has 0 atom stereocenters. The van der Waals surface area contributed by atoms with Crippen molar-refractivity contribution < 1.29 is 9.59 Å². The average molecular weight is 330 g/mol. The van der Waals surface area contributed by atoms with Crippen LogP contribution in [-0.2, 0) is 16.1 Å². The van der Waals surface area contributed by atoms with E-state index in [1.807, 2.05) is 33.8 Å². The number of carbonyl (C=O) groups is 2. The van der Waals surface area contributed by atoms with Crippen molar-refractivity contribution in [3.8, 4) is 0 Å². The average Bonchev–Trinajstić information content (AvgIpc) is 2.47. The van der Waals surface area contributed by atoms with Gasteiger partial charge in [-0.1, -0.05) is 12.1 Å². The van der Waals surface area contributed by atoms with Crippen molar-refractivity contribution >= 4 is 22.7 Å². The van der Waals surface area contributed by atoms with Crippen molar-refractivity contribution in [1.82, 2.24) is 20.2 Å². The van der Waals surface area contributed by atoms with E-state index >= 15 is 0 Å². The summed E-state index contributed by atoms with van der Waals surface area (Å²) in [4.78, 5) is 40.3. The van der Waals surface area contributed by atoms with E-state index in [1.54, 1.807) is 12.1 Å². The summed E-state index contributed by atoms with van der Waals surface area (Å²) in [5.41, 5.74) is 0.889. The number of nitrogens with one attached hydrogen (secondary N) is 2. The highest BCUT2D eigenvalue weighted by atomic mass is 16.2. The number of aryl methyl sites for hydroxylation is 1. The second-order valence-corrected chi connectivity index (χ2v) is 6.72. The maximum absolute atomic E-state index is 12.4. The Morgan fingerprint density at radius 1 is 1.21 bits per heavy atom. The van der Waals surface area contributed by atoms with E-state index in [9.17, 15) is 14.4 Å². The van der Waals surface area contributed by atoms with Crippen LogP contribution in [0.3, 0.4) is 0 Å². The molecule has 2 aromatic rings. The lowest BCUT2D eigenvalue weighted by Crippen LogP contribution is -2.46. The van der Waals surface area contributed by atoms with Crippen LogP contribution in [0.15, 0.2) is 29.3 Å². The van der Waals surface area contributed by atoms with Gasteiger partial charge in [0.15, 0.2) is 0 Å². The zero-order valence-electron chi connectivity index (χ0n) is 14.3. The van der Waals surface area contributed by atoms with Gasteiger partial charge >= 0.3 is 0 Å². The van der Waals surface area contributed by atoms with E-state index < -0.39 is 5.91 Å². The number of aromatic nitrogens is 2. The van der Waals surface area contributed by atoms with E-state index in [2.05, 4.69) is 15.6 Å². The predicted molar refractivity (Wildman–Crippen MR) is 91.6 cm³/mol. The van der Waals surface area contributed by atoms with Gasteiger partial charge in [0.05, 0.1) is 23.8 Å². The Morgan fingerprint density at radius 3 is 2.58 bits per heavy atom. The molecule has 2 N–H and O–H groups in total. The second kappa shape index (κ2) is 6.82. The molecule has 0 unspecified atom stereocenters. The molecule has 0 aliphatic carbocycles. The summed E-state index contributed by atoms with van der Waals surface area (Å²) in [6.45, 7) is 7.13. The SMILES string of the molecule is Cc1cccc2c(=O)n(CC(=O)NCC(=O)NC(C)(C)C)cnc12. The molecule has 0 radical (unpaired) electrons. The first-order valence-electron chi connectivity index (χ1n) is 7.70. The summed E-state index contributed by atoms with van der Waals surface area (Å²) >= 11 is 0. The molecule has 0 spiro atoms. The van der Waals surface area contributed by atoms with Crippen molar-refractivity contribution in [2.24, 2.45) is 0 Å². The highest BCUT2D eigenvalue weighted by molar-refractivity contribution is 5.85. The highest BCUT2D eigenvalue weighted by Gasteiger charge is 2.15. The summed E-state index contributed by atoms with van der Waals surface area (Å²) in [6, 6.07) is 5.34. The number of amides is 2. The molecule has 7 nitrogen and oxygen atoms in total. The first-order chi connectivity index (χ1) is 11.2. The van der Waals surface area contributed by atoms with Crippen LogP contribution in [-0.4, -0.2) is 33.4 Å². The van der Waals surface area contributed by atoms with E-state index in [4.69, 9.17) is 0 Å². The quantitative estimate of drug-likeness (QED) is 0.864. The first kappa shape index (κ1) is 17.7. The molecular formula is C17H22N4O3. The van der Waals surface area contributed by atoms with E-state index in [1.165, 1.54) is 10.9 Å². The number of hydrogen-bond donors (Lipinski definition) is 2. The Kier molecular flexibility index (Phi) is 5.02. The Labute approximate surface area is 140 Å². The van der Waals surface area contributed by atoms with Crippen LogP contribution < -0.4 is 16.2 Å². The number of fused-ring (bicyclic) bond motifs is 1. The molecule has 0 fully saturated rings. The summed E-state index contributed by atoms with van der Waals surface area (Å²) < 4.78 is 1.23. The topological polar surface area (TPSA) is 93.1 Å². The van der Waals surface area contributed by atoms with E-state index in [0.29, 0.717) is 10.9 Å². The van der Waals surface area contributed by atoms with Gasteiger partial charge in [0.1, 0.15) is 6.54 Å². The molecule has 0 bridgehead atoms. The largest absolute Gasteiger partial charge is 0.350 e. The molecule has 0 saturated carbocycles. The van der Waals surface area contributed by atoms with Gasteiger partial charge in [-0.05, 0) is 39.3 Å². The van der Waals surface area contributed by atoms with Crippen molar-refractivity contribution in [2.45, 2.75) is 39.8 Å². The third-order valence-electron chi connectivity index (χ3n) is 3.33. The number of nitrogens with zero attached hydrogens (tertiary/aromatic N) is 2. The van der Waals surface area contributed by atoms with E-state index in [-0.39, 0.29) is 30.1 Å². The lowest BCUT2D eigenvalue weighted by atomic mass is 10.1. The maximum Gasteiger partial charge on any atom is 0.261 e. The Balaban J connectivity index is 2.05. The summed E-state index contributed by atoms with van der Waals surface area (Å²) in [7, 11) is 0.